The second-order valence-electron chi connectivity index (χ2n) is 3.87. The number of hydrogen-bond donors (Lipinski definition) is 0. The molecule has 0 N–H and O–H groups in total. The van der Waals surface area contributed by atoms with E-state index in [-0.39, 0.29) is 17.5 Å². The fraction of sp³-hybridized carbons (Fsp3) is 0.417. The van der Waals surface area contributed by atoms with Gasteiger partial charge in [0.2, 0.25) is 0 Å². The van der Waals surface area contributed by atoms with Crippen molar-refractivity contribution in [3.8, 4) is 5.75 Å². The van der Waals surface area contributed by atoms with Crippen molar-refractivity contribution < 1.29 is 13.9 Å². The van der Waals surface area contributed by atoms with Crippen LogP contribution in [0.15, 0.2) is 18.2 Å². The normalized spacial score (nSPS) is 10.5. The maximum Gasteiger partial charge on any atom is 0.165 e. The highest BCUT2D eigenvalue weighted by molar-refractivity contribution is 5.96. The van der Waals surface area contributed by atoms with Crippen molar-refractivity contribution in [1.82, 2.24) is 0 Å². The topological polar surface area (TPSA) is 26.3 Å². The van der Waals surface area contributed by atoms with Gasteiger partial charge in [-0.15, -0.1) is 0 Å². The van der Waals surface area contributed by atoms with E-state index >= 15 is 0 Å². The SMILES string of the molecule is COc1ccc(C(=O)CC(C)C)cc1F. The van der Waals surface area contributed by atoms with Crippen LogP contribution < -0.4 is 4.74 Å². The van der Waals surface area contributed by atoms with Crippen LogP contribution in [0.4, 0.5) is 4.39 Å². The molecule has 0 aliphatic heterocycles. The van der Waals surface area contributed by atoms with Crippen molar-refractivity contribution in [3.63, 3.8) is 0 Å². The lowest BCUT2D eigenvalue weighted by molar-refractivity contribution is 0.0967. The fourth-order valence-electron chi connectivity index (χ4n) is 1.33. The monoisotopic (exact) mass is 210 g/mol. The average Bonchev–Trinajstić information content (AvgIpc) is 2.16. The minimum absolute atomic E-state index is 0.0356. The number of carbonyl (C=O) groups is 1. The molecule has 0 saturated carbocycles. The molecular formula is C12H15FO2. The summed E-state index contributed by atoms with van der Waals surface area (Å²) in [6.45, 7) is 3.91. The summed E-state index contributed by atoms with van der Waals surface area (Å²) in [5, 5.41) is 0. The quantitative estimate of drug-likeness (QED) is 0.714. The van der Waals surface area contributed by atoms with Crippen LogP contribution in [0.1, 0.15) is 30.6 Å². The summed E-state index contributed by atoms with van der Waals surface area (Å²) in [5.74, 6) is -0.0857. The Kier molecular flexibility index (Phi) is 3.83. The number of rotatable bonds is 4. The van der Waals surface area contributed by atoms with E-state index in [1.807, 2.05) is 13.8 Å². The molecule has 2 nitrogen and oxygen atoms in total. The molecule has 15 heavy (non-hydrogen) atoms. The molecule has 0 heterocycles. The highest BCUT2D eigenvalue weighted by Crippen LogP contribution is 2.19. The van der Waals surface area contributed by atoms with Gasteiger partial charge in [0.15, 0.2) is 17.3 Å². The van der Waals surface area contributed by atoms with E-state index in [9.17, 15) is 9.18 Å². The van der Waals surface area contributed by atoms with Crippen molar-refractivity contribution in [1.29, 1.82) is 0 Å². The molecular weight excluding hydrogens is 195 g/mol. The number of hydrogen-bond acceptors (Lipinski definition) is 2. The Hall–Kier alpha value is -1.38. The maximum absolute atomic E-state index is 13.3. The van der Waals surface area contributed by atoms with Gasteiger partial charge in [-0.2, -0.15) is 0 Å². The first kappa shape index (κ1) is 11.7. The Morgan fingerprint density at radius 2 is 2.13 bits per heavy atom. The van der Waals surface area contributed by atoms with E-state index in [1.54, 1.807) is 6.07 Å². The second-order valence-corrected chi connectivity index (χ2v) is 3.87. The molecule has 0 bridgehead atoms. The van der Waals surface area contributed by atoms with Crippen molar-refractivity contribution in [2.75, 3.05) is 7.11 Å². The minimum Gasteiger partial charge on any atom is -0.494 e. The molecule has 0 aliphatic carbocycles. The highest BCUT2D eigenvalue weighted by atomic mass is 19.1. The number of ketones is 1. The molecule has 0 radical (unpaired) electrons. The Labute approximate surface area is 89.1 Å². The molecule has 0 aromatic heterocycles. The summed E-state index contributed by atoms with van der Waals surface area (Å²) < 4.78 is 18.0. The van der Waals surface area contributed by atoms with Crippen LogP contribution >= 0.6 is 0 Å². The molecule has 0 unspecified atom stereocenters. The summed E-state index contributed by atoms with van der Waals surface area (Å²) in [6, 6.07) is 4.29. The fourth-order valence-corrected chi connectivity index (χ4v) is 1.33. The number of methoxy groups -OCH3 is 1. The third-order valence-electron chi connectivity index (χ3n) is 2.07. The zero-order valence-electron chi connectivity index (χ0n) is 9.21. The molecule has 0 fully saturated rings. The molecule has 3 heteroatoms. The third kappa shape index (κ3) is 3.05. The molecule has 1 aromatic carbocycles. The van der Waals surface area contributed by atoms with E-state index in [4.69, 9.17) is 4.74 Å². The van der Waals surface area contributed by atoms with Gasteiger partial charge in [-0.25, -0.2) is 4.39 Å². The predicted molar refractivity (Wildman–Crippen MR) is 56.7 cm³/mol. The van der Waals surface area contributed by atoms with Gasteiger partial charge in [0, 0.05) is 12.0 Å². The first-order valence-corrected chi connectivity index (χ1v) is 4.91. The second kappa shape index (κ2) is 4.91. The van der Waals surface area contributed by atoms with Crippen LogP contribution in [0.2, 0.25) is 0 Å². The smallest absolute Gasteiger partial charge is 0.165 e. The van der Waals surface area contributed by atoms with Crippen molar-refractivity contribution in [2.45, 2.75) is 20.3 Å². The van der Waals surface area contributed by atoms with Gasteiger partial charge in [0.1, 0.15) is 0 Å². The van der Waals surface area contributed by atoms with Crippen LogP contribution in [0.3, 0.4) is 0 Å². The van der Waals surface area contributed by atoms with Crippen LogP contribution in [0.5, 0.6) is 5.75 Å². The lowest BCUT2D eigenvalue weighted by Crippen LogP contribution is -2.04. The molecule has 1 aromatic rings. The number of Topliss-reactive ketones (excluding diaryl/α,β-unsaturated/α-hetero) is 1. The highest BCUT2D eigenvalue weighted by Gasteiger charge is 2.11. The van der Waals surface area contributed by atoms with Crippen molar-refractivity contribution in [3.05, 3.63) is 29.6 Å². The lowest BCUT2D eigenvalue weighted by Gasteiger charge is -2.06. The molecule has 0 aliphatic rings. The number of halogens is 1. The van der Waals surface area contributed by atoms with E-state index in [0.717, 1.165) is 0 Å². The van der Waals surface area contributed by atoms with Gasteiger partial charge in [0.05, 0.1) is 7.11 Å². The van der Waals surface area contributed by atoms with Crippen molar-refractivity contribution >= 4 is 5.78 Å². The van der Waals surface area contributed by atoms with Crippen LogP contribution in [0, 0.1) is 11.7 Å². The Balaban J connectivity index is 2.87. The first-order chi connectivity index (χ1) is 7.04. The lowest BCUT2D eigenvalue weighted by atomic mass is 10.0. The zero-order chi connectivity index (χ0) is 11.4. The van der Waals surface area contributed by atoms with E-state index in [0.29, 0.717) is 12.0 Å². The summed E-state index contributed by atoms with van der Waals surface area (Å²) in [7, 11) is 1.40. The van der Waals surface area contributed by atoms with Crippen LogP contribution in [-0.4, -0.2) is 12.9 Å². The number of ether oxygens (including phenoxy) is 1. The largest absolute Gasteiger partial charge is 0.494 e. The van der Waals surface area contributed by atoms with Gasteiger partial charge < -0.3 is 4.74 Å². The maximum atomic E-state index is 13.3. The summed E-state index contributed by atoms with van der Waals surface area (Å²) in [5.41, 5.74) is 0.405. The molecule has 1 rings (SSSR count). The zero-order valence-corrected chi connectivity index (χ0v) is 9.21. The van der Waals surface area contributed by atoms with Gasteiger partial charge in [-0.1, -0.05) is 13.8 Å². The van der Waals surface area contributed by atoms with Gasteiger partial charge in [0.25, 0.3) is 0 Å². The predicted octanol–water partition coefficient (Wildman–Crippen LogP) is 3.06. The van der Waals surface area contributed by atoms with Crippen LogP contribution in [-0.2, 0) is 0 Å². The van der Waals surface area contributed by atoms with E-state index in [1.165, 1.54) is 19.2 Å². The van der Waals surface area contributed by atoms with E-state index in [2.05, 4.69) is 0 Å². The van der Waals surface area contributed by atoms with E-state index < -0.39 is 5.82 Å². The van der Waals surface area contributed by atoms with Gasteiger partial charge >= 0.3 is 0 Å². The van der Waals surface area contributed by atoms with Gasteiger partial charge in [-0.3, -0.25) is 4.79 Å². The Morgan fingerprint density at radius 1 is 1.47 bits per heavy atom. The summed E-state index contributed by atoms with van der Waals surface area (Å²) >= 11 is 0. The van der Waals surface area contributed by atoms with Gasteiger partial charge in [-0.05, 0) is 24.1 Å². The average molecular weight is 210 g/mol. The molecule has 0 spiro atoms. The number of benzene rings is 1. The Bertz CT molecular complexity index is 359. The summed E-state index contributed by atoms with van der Waals surface area (Å²) in [6.07, 6.45) is 0.436. The third-order valence-corrected chi connectivity index (χ3v) is 2.07. The minimum atomic E-state index is -0.493. The molecule has 0 atom stereocenters. The molecule has 0 saturated heterocycles. The standard InChI is InChI=1S/C12H15FO2/c1-8(2)6-11(14)9-4-5-12(15-3)10(13)7-9/h4-5,7-8H,6H2,1-3H3. The van der Waals surface area contributed by atoms with Crippen molar-refractivity contribution in [2.24, 2.45) is 5.92 Å². The van der Waals surface area contributed by atoms with Crippen LogP contribution in [0.25, 0.3) is 0 Å². The molecule has 82 valence electrons. The molecule has 0 amide bonds. The first-order valence-electron chi connectivity index (χ1n) is 4.91. The summed E-state index contributed by atoms with van der Waals surface area (Å²) in [4.78, 5) is 11.6. The number of carbonyl (C=O) groups excluding carboxylic acids is 1. The Morgan fingerprint density at radius 3 is 2.60 bits per heavy atom.